The highest BCUT2D eigenvalue weighted by Crippen LogP contribution is 2.42. The van der Waals surface area contributed by atoms with Crippen LogP contribution in [-0.2, 0) is 9.16 Å². The van der Waals surface area contributed by atoms with Crippen molar-refractivity contribution in [1.29, 1.82) is 0 Å². The fourth-order valence-corrected chi connectivity index (χ4v) is 4.38. The summed E-state index contributed by atoms with van der Waals surface area (Å²) >= 11 is 0. The smallest absolute Gasteiger partial charge is 0.330 e. The molecule has 0 bridgehead atoms. The van der Waals surface area contributed by atoms with Crippen LogP contribution in [0.2, 0.25) is 18.1 Å². The van der Waals surface area contributed by atoms with Crippen molar-refractivity contribution < 1.29 is 14.3 Å². The highest BCUT2D eigenvalue weighted by Gasteiger charge is 2.46. The van der Waals surface area contributed by atoms with Gasteiger partial charge in [0.2, 0.25) is 0 Å². The zero-order chi connectivity index (χ0) is 22.4. The second-order valence-corrected chi connectivity index (χ2v) is 15.7. The minimum absolute atomic E-state index is 0.0656. The maximum absolute atomic E-state index is 12.3. The summed E-state index contributed by atoms with van der Waals surface area (Å²) in [6.45, 7) is 18.9. The molecule has 2 heterocycles. The molecule has 0 saturated carbocycles. The molecule has 1 saturated heterocycles. The first-order chi connectivity index (χ1) is 13.0. The molecule has 4 atom stereocenters. The number of nitrogens with zero attached hydrogens (tertiary/aromatic N) is 1. The average Bonchev–Trinajstić information content (AvgIpc) is 2.97. The van der Waals surface area contributed by atoms with E-state index in [0.717, 1.165) is 0 Å². The van der Waals surface area contributed by atoms with Crippen molar-refractivity contribution >= 4 is 8.32 Å². The molecule has 0 spiro atoms. The van der Waals surface area contributed by atoms with E-state index in [1.165, 1.54) is 10.8 Å². The van der Waals surface area contributed by atoms with E-state index in [0.29, 0.717) is 18.6 Å². The molecule has 7 nitrogen and oxygen atoms in total. The largest absolute Gasteiger partial charge is 0.414 e. The average molecular weight is 427 g/mol. The van der Waals surface area contributed by atoms with E-state index in [9.17, 15) is 14.7 Å². The summed E-state index contributed by atoms with van der Waals surface area (Å²) in [4.78, 5) is 26.4. The lowest BCUT2D eigenvalue weighted by atomic mass is 9.78. The van der Waals surface area contributed by atoms with Crippen LogP contribution in [0.15, 0.2) is 15.8 Å². The van der Waals surface area contributed by atoms with Gasteiger partial charge in [-0.05, 0) is 30.5 Å². The number of hydrogen-bond donors (Lipinski definition) is 2. The van der Waals surface area contributed by atoms with Gasteiger partial charge < -0.3 is 14.3 Å². The van der Waals surface area contributed by atoms with Gasteiger partial charge >= 0.3 is 5.69 Å². The van der Waals surface area contributed by atoms with E-state index < -0.39 is 31.9 Å². The summed E-state index contributed by atoms with van der Waals surface area (Å²) in [6, 6.07) is 0. The zero-order valence-electron chi connectivity index (χ0n) is 19.3. The van der Waals surface area contributed by atoms with Crippen molar-refractivity contribution in [3.63, 3.8) is 0 Å². The molecule has 1 aliphatic rings. The van der Waals surface area contributed by atoms with E-state index in [1.807, 2.05) is 20.8 Å². The summed E-state index contributed by atoms with van der Waals surface area (Å²) in [5, 5.41) is 11.1. The first-order valence-electron chi connectivity index (χ1n) is 10.3. The Balaban J connectivity index is 2.31. The van der Waals surface area contributed by atoms with Crippen LogP contribution in [0.25, 0.3) is 0 Å². The second-order valence-electron chi connectivity index (χ2n) is 10.9. The topological polar surface area (TPSA) is 93.6 Å². The number of ether oxygens (including phenoxy) is 1. The minimum atomic E-state index is -1.99. The van der Waals surface area contributed by atoms with E-state index in [1.54, 1.807) is 6.92 Å². The fourth-order valence-electron chi connectivity index (χ4n) is 3.37. The molecule has 2 N–H and O–H groups in total. The molecule has 0 aromatic carbocycles. The standard InChI is InChI=1S/C21H38N2O5Si/c1-13-11-23(19(26)22-18(13)25)16-10-14(17(24)20(2,3)4)15(28-16)12-27-29(8,9)21(5,6)7/h11,14-17,24H,10,12H2,1-9H3,(H,22,25,26)/t14-,15+,16+,17?/m0/s1. The third-order valence-corrected chi connectivity index (χ3v) is 10.9. The van der Waals surface area contributed by atoms with Gasteiger partial charge in [-0.1, -0.05) is 41.5 Å². The van der Waals surface area contributed by atoms with Crippen molar-refractivity contribution in [1.82, 2.24) is 9.55 Å². The van der Waals surface area contributed by atoms with Gasteiger partial charge in [-0.15, -0.1) is 0 Å². The lowest BCUT2D eigenvalue weighted by Gasteiger charge is -2.38. The van der Waals surface area contributed by atoms with E-state index in [-0.39, 0.29) is 22.5 Å². The van der Waals surface area contributed by atoms with Gasteiger partial charge in [-0.2, -0.15) is 0 Å². The van der Waals surface area contributed by atoms with Crippen molar-refractivity contribution in [2.75, 3.05) is 6.61 Å². The molecule has 1 aromatic heterocycles. The highest BCUT2D eigenvalue weighted by molar-refractivity contribution is 6.74. The van der Waals surface area contributed by atoms with Gasteiger partial charge in [0.1, 0.15) is 6.23 Å². The van der Waals surface area contributed by atoms with Crippen molar-refractivity contribution in [3.8, 4) is 0 Å². The first kappa shape index (κ1) is 24.1. The lowest BCUT2D eigenvalue weighted by Crippen LogP contribution is -2.45. The van der Waals surface area contributed by atoms with Crippen molar-refractivity contribution in [3.05, 3.63) is 32.6 Å². The Morgan fingerprint density at radius 1 is 1.28 bits per heavy atom. The Hall–Kier alpha value is -1.22. The number of aryl methyl sites for hydroxylation is 1. The number of aromatic amines is 1. The van der Waals surface area contributed by atoms with Crippen molar-refractivity contribution in [2.45, 2.75) is 91.5 Å². The summed E-state index contributed by atoms with van der Waals surface area (Å²) in [5.41, 5.74) is -0.778. The first-order valence-corrected chi connectivity index (χ1v) is 13.2. The minimum Gasteiger partial charge on any atom is -0.414 e. The molecule has 0 radical (unpaired) electrons. The Bertz CT molecular complexity index is 831. The predicted molar refractivity (Wildman–Crippen MR) is 117 cm³/mol. The quantitative estimate of drug-likeness (QED) is 0.705. The van der Waals surface area contributed by atoms with Crippen LogP contribution < -0.4 is 11.2 Å². The van der Waals surface area contributed by atoms with E-state index >= 15 is 0 Å². The molecular weight excluding hydrogens is 388 g/mol. The number of rotatable bonds is 5. The monoisotopic (exact) mass is 426 g/mol. The maximum Gasteiger partial charge on any atom is 0.330 e. The highest BCUT2D eigenvalue weighted by atomic mass is 28.4. The predicted octanol–water partition coefficient (Wildman–Crippen LogP) is 3.18. The summed E-state index contributed by atoms with van der Waals surface area (Å²) in [7, 11) is -1.99. The Kier molecular flexibility index (Phi) is 6.74. The van der Waals surface area contributed by atoms with Gasteiger partial charge in [0.05, 0.1) is 18.8 Å². The molecule has 166 valence electrons. The molecule has 29 heavy (non-hydrogen) atoms. The number of nitrogens with one attached hydrogen (secondary N) is 1. The Labute approximate surface area is 174 Å². The Morgan fingerprint density at radius 2 is 1.86 bits per heavy atom. The van der Waals surface area contributed by atoms with Crippen LogP contribution in [0.3, 0.4) is 0 Å². The Morgan fingerprint density at radius 3 is 2.38 bits per heavy atom. The van der Waals surface area contributed by atoms with Gasteiger partial charge in [0.25, 0.3) is 5.56 Å². The van der Waals surface area contributed by atoms with Gasteiger partial charge in [0.15, 0.2) is 8.32 Å². The van der Waals surface area contributed by atoms with Crippen molar-refractivity contribution in [2.24, 2.45) is 11.3 Å². The summed E-state index contributed by atoms with van der Waals surface area (Å²) in [5.74, 6) is -0.177. The van der Waals surface area contributed by atoms with Gasteiger partial charge in [-0.3, -0.25) is 14.3 Å². The molecule has 0 aliphatic carbocycles. The summed E-state index contributed by atoms with van der Waals surface area (Å²) in [6.07, 6.45) is 0.523. The second kappa shape index (κ2) is 8.13. The van der Waals surface area contributed by atoms with Crippen LogP contribution in [0.5, 0.6) is 0 Å². The molecular formula is C21H38N2O5Si. The number of aliphatic hydroxyl groups excluding tert-OH is 1. The summed E-state index contributed by atoms with van der Waals surface area (Å²) < 4.78 is 14.0. The normalized spacial score (nSPS) is 24.7. The van der Waals surface area contributed by atoms with Crippen LogP contribution in [0.1, 0.15) is 59.8 Å². The zero-order valence-corrected chi connectivity index (χ0v) is 20.3. The number of hydrogen-bond acceptors (Lipinski definition) is 5. The molecule has 1 unspecified atom stereocenters. The van der Waals surface area contributed by atoms with Crippen LogP contribution in [-0.4, -0.2) is 41.8 Å². The SMILES string of the molecule is Cc1cn([C@H]2C[C@H](C(O)C(C)(C)C)[C@@H](CO[Si](C)(C)C(C)(C)C)O2)c(=O)[nH]c1=O. The van der Waals surface area contributed by atoms with Crippen LogP contribution >= 0.6 is 0 Å². The maximum atomic E-state index is 12.3. The molecule has 8 heteroatoms. The third-order valence-electron chi connectivity index (χ3n) is 6.45. The van der Waals surface area contributed by atoms with E-state index in [4.69, 9.17) is 9.16 Å². The number of aliphatic hydroxyl groups is 1. The molecule has 0 amide bonds. The molecule has 1 fully saturated rings. The molecule has 2 rings (SSSR count). The third kappa shape index (κ3) is 5.28. The number of H-pyrrole nitrogens is 1. The van der Waals surface area contributed by atoms with Gasteiger partial charge in [0, 0.05) is 24.1 Å². The number of aromatic nitrogens is 2. The molecule has 1 aliphatic heterocycles. The fraction of sp³-hybridized carbons (Fsp3) is 0.810. The molecule has 1 aromatic rings. The van der Waals surface area contributed by atoms with Gasteiger partial charge in [-0.25, -0.2) is 4.79 Å². The van der Waals surface area contributed by atoms with Crippen LogP contribution in [0, 0.1) is 18.3 Å². The van der Waals surface area contributed by atoms with Crippen LogP contribution in [0.4, 0.5) is 0 Å². The van der Waals surface area contributed by atoms with E-state index in [2.05, 4.69) is 38.8 Å². The lowest BCUT2D eigenvalue weighted by molar-refractivity contribution is -0.0606.